The minimum atomic E-state index is -0.298. The van der Waals surface area contributed by atoms with Gasteiger partial charge in [0.25, 0.3) is 11.8 Å². The minimum absolute atomic E-state index is 0.0342. The molecule has 0 heterocycles. The van der Waals surface area contributed by atoms with E-state index in [1.807, 2.05) is 43.3 Å². The van der Waals surface area contributed by atoms with Gasteiger partial charge < -0.3 is 20.1 Å². The molecule has 3 aromatic carbocycles. The quantitative estimate of drug-likeness (QED) is 0.497. The van der Waals surface area contributed by atoms with Gasteiger partial charge in [0, 0.05) is 16.9 Å². The highest BCUT2D eigenvalue weighted by Gasteiger charge is 2.14. The molecular formula is C27H30N2O4. The van der Waals surface area contributed by atoms with Gasteiger partial charge in [-0.05, 0) is 72.0 Å². The molecule has 0 aliphatic carbocycles. The summed E-state index contributed by atoms with van der Waals surface area (Å²) in [6, 6.07) is 20.0. The maximum Gasteiger partial charge on any atom is 0.262 e. The first-order chi connectivity index (χ1) is 15.7. The molecule has 2 amide bonds. The van der Waals surface area contributed by atoms with Gasteiger partial charge in [-0.25, -0.2) is 0 Å². The summed E-state index contributed by atoms with van der Waals surface area (Å²) in [5.41, 5.74) is 4.07. The number of ether oxygens (including phenoxy) is 2. The lowest BCUT2D eigenvalue weighted by molar-refractivity contribution is -0.118. The molecule has 0 saturated carbocycles. The fraction of sp³-hybridized carbons (Fsp3) is 0.259. The number of rotatable bonds is 7. The molecule has 6 nitrogen and oxygen atoms in total. The van der Waals surface area contributed by atoms with Crippen LogP contribution in [-0.4, -0.2) is 25.5 Å². The molecule has 0 saturated heterocycles. The third kappa shape index (κ3) is 6.59. The van der Waals surface area contributed by atoms with E-state index in [1.165, 1.54) is 5.56 Å². The third-order valence-corrected chi connectivity index (χ3v) is 5.12. The van der Waals surface area contributed by atoms with Crippen LogP contribution in [0.4, 0.5) is 11.4 Å². The first-order valence-electron chi connectivity index (χ1n) is 10.7. The Morgan fingerprint density at radius 2 is 1.42 bits per heavy atom. The Labute approximate surface area is 194 Å². The Morgan fingerprint density at radius 1 is 0.818 bits per heavy atom. The molecule has 3 aromatic rings. The zero-order chi connectivity index (χ0) is 24.0. The van der Waals surface area contributed by atoms with Crippen molar-refractivity contribution >= 4 is 23.2 Å². The van der Waals surface area contributed by atoms with Crippen LogP contribution < -0.4 is 20.1 Å². The van der Waals surface area contributed by atoms with E-state index in [0.717, 1.165) is 5.56 Å². The van der Waals surface area contributed by atoms with Crippen molar-refractivity contribution in [3.63, 3.8) is 0 Å². The van der Waals surface area contributed by atoms with Crippen LogP contribution in [0.2, 0.25) is 0 Å². The van der Waals surface area contributed by atoms with Crippen LogP contribution in [0.1, 0.15) is 42.3 Å². The Bertz CT molecular complexity index is 1110. The van der Waals surface area contributed by atoms with Crippen LogP contribution >= 0.6 is 0 Å². The molecule has 2 N–H and O–H groups in total. The van der Waals surface area contributed by atoms with E-state index in [9.17, 15) is 9.59 Å². The van der Waals surface area contributed by atoms with Crippen molar-refractivity contribution in [2.45, 2.75) is 33.1 Å². The summed E-state index contributed by atoms with van der Waals surface area (Å²) in [7, 11) is 1.56. The number of hydrogen-bond acceptors (Lipinski definition) is 4. The maximum atomic E-state index is 12.5. The second-order valence-electron chi connectivity index (χ2n) is 8.85. The van der Waals surface area contributed by atoms with Gasteiger partial charge in [0.05, 0.1) is 7.11 Å². The normalized spacial score (nSPS) is 10.9. The molecule has 0 spiro atoms. The average molecular weight is 447 g/mol. The molecule has 0 fully saturated rings. The number of methoxy groups -OCH3 is 1. The van der Waals surface area contributed by atoms with Crippen LogP contribution in [0.5, 0.6) is 11.5 Å². The van der Waals surface area contributed by atoms with Gasteiger partial charge >= 0.3 is 0 Å². The molecule has 33 heavy (non-hydrogen) atoms. The van der Waals surface area contributed by atoms with E-state index >= 15 is 0 Å². The number of carbonyl (C=O) groups is 2. The molecule has 6 heteroatoms. The maximum absolute atomic E-state index is 12.5. The first-order valence-corrected chi connectivity index (χ1v) is 10.7. The summed E-state index contributed by atoms with van der Waals surface area (Å²) in [5.74, 6) is 0.601. The predicted molar refractivity (Wildman–Crippen MR) is 131 cm³/mol. The number of amides is 2. The first kappa shape index (κ1) is 23.9. The van der Waals surface area contributed by atoms with Crippen LogP contribution in [0, 0.1) is 6.92 Å². The van der Waals surface area contributed by atoms with E-state index in [2.05, 4.69) is 31.4 Å². The molecule has 0 aliphatic rings. The van der Waals surface area contributed by atoms with E-state index in [-0.39, 0.29) is 23.8 Å². The van der Waals surface area contributed by atoms with Gasteiger partial charge in [-0.2, -0.15) is 0 Å². The Balaban J connectivity index is 1.53. The molecule has 0 aliphatic heterocycles. The predicted octanol–water partition coefficient (Wildman–Crippen LogP) is 5.57. The fourth-order valence-corrected chi connectivity index (χ4v) is 3.20. The Morgan fingerprint density at radius 3 is 2.00 bits per heavy atom. The van der Waals surface area contributed by atoms with Crippen LogP contribution in [0.3, 0.4) is 0 Å². The number of carbonyl (C=O) groups excluding carboxylic acids is 2. The fourth-order valence-electron chi connectivity index (χ4n) is 3.20. The summed E-state index contributed by atoms with van der Waals surface area (Å²) in [4.78, 5) is 24.8. The number of anilines is 2. The molecule has 0 radical (unpaired) electrons. The van der Waals surface area contributed by atoms with Crippen molar-refractivity contribution in [1.82, 2.24) is 0 Å². The molecular weight excluding hydrogens is 416 g/mol. The third-order valence-electron chi connectivity index (χ3n) is 5.12. The van der Waals surface area contributed by atoms with Crippen LogP contribution in [0.25, 0.3) is 0 Å². The van der Waals surface area contributed by atoms with E-state index in [0.29, 0.717) is 28.4 Å². The molecule has 0 aromatic heterocycles. The average Bonchev–Trinajstić information content (AvgIpc) is 2.79. The molecule has 0 atom stereocenters. The lowest BCUT2D eigenvalue weighted by atomic mass is 9.87. The van der Waals surface area contributed by atoms with Crippen molar-refractivity contribution in [3.8, 4) is 11.5 Å². The smallest absolute Gasteiger partial charge is 0.262 e. The van der Waals surface area contributed by atoms with Crippen LogP contribution in [-0.2, 0) is 10.2 Å². The minimum Gasteiger partial charge on any atom is -0.493 e. The van der Waals surface area contributed by atoms with E-state index in [4.69, 9.17) is 9.47 Å². The summed E-state index contributed by atoms with van der Waals surface area (Å²) in [6.07, 6.45) is 0. The highest BCUT2D eigenvalue weighted by Crippen LogP contribution is 2.27. The van der Waals surface area contributed by atoms with Crippen molar-refractivity contribution in [2.75, 3.05) is 24.4 Å². The summed E-state index contributed by atoms with van der Waals surface area (Å²) < 4.78 is 10.9. The second-order valence-corrected chi connectivity index (χ2v) is 8.85. The van der Waals surface area contributed by atoms with Gasteiger partial charge in [0.15, 0.2) is 18.1 Å². The monoisotopic (exact) mass is 446 g/mol. The van der Waals surface area contributed by atoms with Gasteiger partial charge in [-0.3, -0.25) is 9.59 Å². The van der Waals surface area contributed by atoms with Crippen LogP contribution in [0.15, 0.2) is 66.7 Å². The zero-order valence-corrected chi connectivity index (χ0v) is 19.7. The Kier molecular flexibility index (Phi) is 7.38. The van der Waals surface area contributed by atoms with Crippen molar-refractivity contribution < 1.29 is 19.1 Å². The number of hydrogen-bond donors (Lipinski definition) is 2. The zero-order valence-electron chi connectivity index (χ0n) is 19.7. The van der Waals surface area contributed by atoms with E-state index in [1.54, 1.807) is 37.4 Å². The summed E-state index contributed by atoms with van der Waals surface area (Å²) in [6.45, 7) is 8.20. The lowest BCUT2D eigenvalue weighted by Gasteiger charge is -2.19. The summed E-state index contributed by atoms with van der Waals surface area (Å²) in [5, 5.41) is 5.65. The standard InChI is InChI=1S/C27H30N2O4/c1-18-6-15-23(24(16-18)32-5)33-17-25(30)28-21-11-13-22(14-12-21)29-26(31)19-7-9-20(10-8-19)27(2,3)4/h6-16H,17H2,1-5H3,(H,28,30)(H,29,31). The molecule has 172 valence electrons. The molecule has 3 rings (SSSR count). The number of aryl methyl sites for hydroxylation is 1. The summed E-state index contributed by atoms with van der Waals surface area (Å²) >= 11 is 0. The van der Waals surface area contributed by atoms with Crippen molar-refractivity contribution in [2.24, 2.45) is 0 Å². The van der Waals surface area contributed by atoms with Gasteiger partial charge in [0.2, 0.25) is 0 Å². The van der Waals surface area contributed by atoms with Crippen molar-refractivity contribution in [1.29, 1.82) is 0 Å². The highest BCUT2D eigenvalue weighted by atomic mass is 16.5. The largest absolute Gasteiger partial charge is 0.493 e. The van der Waals surface area contributed by atoms with Gasteiger partial charge in [0.1, 0.15) is 0 Å². The van der Waals surface area contributed by atoms with Crippen molar-refractivity contribution in [3.05, 3.63) is 83.4 Å². The SMILES string of the molecule is COc1cc(C)ccc1OCC(=O)Nc1ccc(NC(=O)c2ccc(C(C)(C)C)cc2)cc1. The number of nitrogens with one attached hydrogen (secondary N) is 2. The van der Waals surface area contributed by atoms with E-state index < -0.39 is 0 Å². The number of benzene rings is 3. The second kappa shape index (κ2) is 10.2. The lowest BCUT2D eigenvalue weighted by Crippen LogP contribution is -2.20. The highest BCUT2D eigenvalue weighted by molar-refractivity contribution is 6.04. The molecule has 0 bridgehead atoms. The topological polar surface area (TPSA) is 76.7 Å². The van der Waals surface area contributed by atoms with Gasteiger partial charge in [-0.15, -0.1) is 0 Å². The van der Waals surface area contributed by atoms with Gasteiger partial charge in [-0.1, -0.05) is 39.0 Å². The Hall–Kier alpha value is -3.80. The molecule has 0 unspecified atom stereocenters.